The molecule has 0 spiro atoms. The van der Waals surface area contributed by atoms with Gasteiger partial charge >= 0.3 is 23.9 Å². The zero-order valence-electron chi connectivity index (χ0n) is 63.0. The first-order chi connectivity index (χ1) is 51.5. The Morgan fingerprint density at radius 2 is 0.766 bits per heavy atom. The predicted molar refractivity (Wildman–Crippen MR) is 390 cm³/mol. The molecule has 2 aliphatic rings. The zero-order chi connectivity index (χ0) is 77.6. The van der Waals surface area contributed by atoms with E-state index in [1.54, 1.807) is 65.8 Å². The molecule has 2 heterocycles. The molecule has 0 unspecified atom stereocenters. The molecule has 3 atom stereocenters. The average molecular weight is 1540 g/mol. The van der Waals surface area contributed by atoms with E-state index in [4.69, 9.17) is 85.6 Å². The lowest BCUT2D eigenvalue weighted by molar-refractivity contribution is -0.157. The van der Waals surface area contributed by atoms with Gasteiger partial charge in [0.05, 0.1) is 190 Å². The SMILES string of the molecule is CC(C)(C)OC(=O)CCOCCOCCOCCOCCNC(=O)COc1cc(OCC(=O)NCCOCCOCCOCCOCCC(=O)OC(C)(C)C)cc(-c2cc(OCC(=O)NCCOCCOCCOCCOCCC(=O)O)cc(C(=O)NCCNC(=O)CCCC[C@@H]3SC[C@@H]4NC(=O)N[C@@H]43)c2)c1. The summed E-state index contributed by atoms with van der Waals surface area (Å²) < 4.78 is 94.4. The van der Waals surface area contributed by atoms with E-state index in [0.717, 1.165) is 18.6 Å². The molecule has 2 saturated heterocycles. The van der Waals surface area contributed by atoms with Crippen molar-refractivity contribution in [1.82, 2.24) is 37.2 Å². The maximum absolute atomic E-state index is 14.0. The second-order valence-corrected chi connectivity index (χ2v) is 27.3. The number of thioether (sulfide) groups is 1. The number of unbranched alkanes of at least 4 members (excludes halogenated alkanes) is 1. The molecule has 2 aromatic carbocycles. The minimum atomic E-state index is -0.936. The van der Waals surface area contributed by atoms with Crippen LogP contribution in [0.4, 0.5) is 4.79 Å². The third kappa shape index (κ3) is 48.0. The molecule has 8 N–H and O–H groups in total. The Morgan fingerprint density at radius 3 is 1.17 bits per heavy atom. The highest BCUT2D eigenvalue weighted by Crippen LogP contribution is 2.35. The van der Waals surface area contributed by atoms with Gasteiger partial charge in [-0.1, -0.05) is 6.42 Å². The zero-order valence-corrected chi connectivity index (χ0v) is 63.8. The second kappa shape index (κ2) is 56.0. The molecule has 606 valence electrons. The summed E-state index contributed by atoms with van der Waals surface area (Å²) in [6.45, 7) is 16.6. The van der Waals surface area contributed by atoms with E-state index >= 15 is 0 Å². The van der Waals surface area contributed by atoms with E-state index in [1.165, 1.54) is 12.1 Å². The van der Waals surface area contributed by atoms with E-state index in [-0.39, 0.29) is 202 Å². The van der Waals surface area contributed by atoms with Crippen LogP contribution in [0, 0.1) is 0 Å². The maximum atomic E-state index is 14.0. The van der Waals surface area contributed by atoms with Crippen LogP contribution in [-0.4, -0.2) is 304 Å². The lowest BCUT2D eigenvalue weighted by Crippen LogP contribution is -2.36. The van der Waals surface area contributed by atoms with E-state index in [2.05, 4.69) is 37.2 Å². The van der Waals surface area contributed by atoms with Crippen LogP contribution in [0.15, 0.2) is 36.4 Å². The average Bonchev–Trinajstić information content (AvgIpc) is 1.80. The number of fused-ring (bicyclic) bond motifs is 1. The highest BCUT2D eigenvalue weighted by atomic mass is 32.2. The lowest BCUT2D eigenvalue weighted by Gasteiger charge is -2.19. The van der Waals surface area contributed by atoms with Crippen LogP contribution < -0.4 is 51.4 Å². The molecular weight excluding hydrogens is 1430 g/mol. The monoisotopic (exact) mass is 1540 g/mol. The Bertz CT molecular complexity index is 2810. The lowest BCUT2D eigenvalue weighted by atomic mass is 10.0. The number of carboxylic acid groups (broad SMARTS) is 1. The number of amides is 7. The van der Waals surface area contributed by atoms with Crippen molar-refractivity contribution in [3.05, 3.63) is 42.0 Å². The number of rotatable bonds is 64. The Labute approximate surface area is 631 Å². The van der Waals surface area contributed by atoms with E-state index in [1.807, 2.05) is 11.8 Å². The molecule has 2 aliphatic heterocycles. The van der Waals surface area contributed by atoms with Gasteiger partial charge in [-0.15, -0.1) is 0 Å². The predicted octanol–water partition coefficient (Wildman–Crippen LogP) is 2.55. The number of ether oxygens (including phenoxy) is 17. The number of esters is 2. The summed E-state index contributed by atoms with van der Waals surface area (Å²) in [6, 6.07) is 9.36. The van der Waals surface area contributed by atoms with Crippen molar-refractivity contribution < 1.29 is 129 Å². The Morgan fingerprint density at radius 1 is 0.411 bits per heavy atom. The fourth-order valence-corrected chi connectivity index (χ4v) is 11.2. The van der Waals surface area contributed by atoms with Crippen molar-refractivity contribution in [3.63, 3.8) is 0 Å². The van der Waals surface area contributed by atoms with Crippen LogP contribution in [0.25, 0.3) is 11.1 Å². The number of hydrogen-bond acceptors (Lipinski definition) is 27. The van der Waals surface area contributed by atoms with E-state index in [0.29, 0.717) is 96.6 Å². The third-order valence-corrected chi connectivity index (χ3v) is 16.1. The number of nitrogens with one attached hydrogen (secondary N) is 7. The number of aliphatic carboxylic acids is 1. The Balaban J connectivity index is 1.32. The molecule has 2 aromatic rings. The van der Waals surface area contributed by atoms with Crippen LogP contribution >= 0.6 is 11.8 Å². The molecule has 7 amide bonds. The number of urea groups is 1. The van der Waals surface area contributed by atoms with E-state index in [9.17, 15) is 43.2 Å². The molecule has 34 nitrogen and oxygen atoms in total. The van der Waals surface area contributed by atoms with Gasteiger partial charge in [0.2, 0.25) is 5.91 Å². The molecule has 0 saturated carbocycles. The summed E-state index contributed by atoms with van der Waals surface area (Å²) in [5, 5.41) is 28.8. The van der Waals surface area contributed by atoms with Gasteiger partial charge in [-0.05, 0) is 95.8 Å². The first-order valence-electron chi connectivity index (χ1n) is 36.3. The standard InChI is InChI=1S/C72H115N7O27S/c1-71(2,3)105-66(86)12-20-91-26-32-97-38-41-100-35-29-94-23-17-75-63(82)50-103-57-45-54(46-58(48-57)104-51-64(83)76-18-24-95-30-36-101-42-39-98-33-27-92-21-13-67(87)106-72(4,5)6)53-43-55(69(88)77-15-14-73-61(80)10-8-7-9-60-68-59(52-107-60)78-70(89)79-68)47-56(44-53)102-49-62(81)74-16-22-93-28-34-99-40-37-96-31-25-90-19-11-65(84)85/h43-48,59-60,68H,7-42,49-52H2,1-6H3,(H,73,80)(H,74,81)(H,75,82)(H,76,83)(H,77,88)(H,84,85)(H2,78,79,89)/t59-,60-,68-/m0/s1. The minimum Gasteiger partial charge on any atom is -0.484 e. The molecule has 35 heteroatoms. The highest BCUT2D eigenvalue weighted by molar-refractivity contribution is 8.00. The van der Waals surface area contributed by atoms with Gasteiger partial charge in [0, 0.05) is 61.8 Å². The van der Waals surface area contributed by atoms with Gasteiger partial charge < -0.3 is 123 Å². The number of hydrogen-bond donors (Lipinski definition) is 8. The molecule has 107 heavy (non-hydrogen) atoms. The summed E-state index contributed by atoms with van der Waals surface area (Å²) in [5.74, 6) is -2.49. The molecule has 0 bridgehead atoms. The third-order valence-electron chi connectivity index (χ3n) is 14.6. The van der Waals surface area contributed by atoms with E-state index < -0.39 is 60.6 Å². The number of carboxylic acids is 1. The summed E-state index contributed by atoms with van der Waals surface area (Å²) in [7, 11) is 0. The quantitative estimate of drug-likeness (QED) is 0.0268. The van der Waals surface area contributed by atoms with Crippen LogP contribution in [0.5, 0.6) is 17.2 Å². The first-order valence-corrected chi connectivity index (χ1v) is 37.4. The molecule has 2 fully saturated rings. The van der Waals surface area contributed by atoms with Crippen molar-refractivity contribution >= 4 is 65.2 Å². The minimum absolute atomic E-state index is 0.0674. The van der Waals surface area contributed by atoms with Crippen molar-refractivity contribution in [2.45, 2.75) is 115 Å². The largest absolute Gasteiger partial charge is 0.484 e. The maximum Gasteiger partial charge on any atom is 0.315 e. The van der Waals surface area contributed by atoms with Gasteiger partial charge in [-0.3, -0.25) is 38.4 Å². The van der Waals surface area contributed by atoms with Crippen molar-refractivity contribution in [2.24, 2.45) is 0 Å². The van der Waals surface area contributed by atoms with Gasteiger partial charge in [0.25, 0.3) is 23.6 Å². The van der Waals surface area contributed by atoms with Crippen molar-refractivity contribution in [3.8, 4) is 28.4 Å². The molecular formula is C72H115N7O27S. The molecule has 4 rings (SSSR count). The number of carbonyl (C=O) groups is 9. The number of carbonyl (C=O) groups excluding carboxylic acids is 8. The topological polar surface area (TPSA) is 415 Å². The highest BCUT2D eigenvalue weighted by Gasteiger charge is 2.42. The fourth-order valence-electron chi connectivity index (χ4n) is 9.66. The van der Waals surface area contributed by atoms with Crippen LogP contribution in [-0.2, 0) is 99.9 Å². The molecule has 0 radical (unpaired) electrons. The van der Waals surface area contributed by atoms with Crippen LogP contribution in [0.2, 0.25) is 0 Å². The van der Waals surface area contributed by atoms with Crippen LogP contribution in [0.3, 0.4) is 0 Å². The Kier molecular flexibility index (Phi) is 48.2. The second-order valence-electron chi connectivity index (χ2n) is 26.0. The van der Waals surface area contributed by atoms with Crippen molar-refractivity contribution in [1.29, 1.82) is 0 Å². The van der Waals surface area contributed by atoms with Gasteiger partial charge in [0.1, 0.15) is 28.5 Å². The summed E-state index contributed by atoms with van der Waals surface area (Å²) in [5.41, 5.74) is -0.211. The van der Waals surface area contributed by atoms with Gasteiger partial charge in [0.15, 0.2) is 19.8 Å². The molecule has 0 aromatic heterocycles. The summed E-state index contributed by atoms with van der Waals surface area (Å²) in [4.78, 5) is 112. The summed E-state index contributed by atoms with van der Waals surface area (Å²) >= 11 is 1.82. The smallest absolute Gasteiger partial charge is 0.315 e. The van der Waals surface area contributed by atoms with Crippen molar-refractivity contribution in [2.75, 3.05) is 217 Å². The summed E-state index contributed by atoms with van der Waals surface area (Å²) in [6.07, 6.45) is 2.84. The first kappa shape index (κ1) is 92.1. The molecule has 0 aliphatic carbocycles. The van der Waals surface area contributed by atoms with Crippen LogP contribution in [0.1, 0.15) is 96.8 Å². The number of benzene rings is 2. The van der Waals surface area contributed by atoms with Gasteiger partial charge in [-0.2, -0.15) is 11.8 Å². The normalized spacial score (nSPS) is 14.6. The van der Waals surface area contributed by atoms with Gasteiger partial charge in [-0.25, -0.2) is 4.79 Å². The fraction of sp³-hybridized carbons (Fsp3) is 0.708. The Hall–Kier alpha value is -7.26.